The smallest absolute Gasteiger partial charge is 0.475 e. The number of benzene rings is 2. The lowest BCUT2D eigenvalue weighted by atomic mass is 10.1. The van der Waals surface area contributed by atoms with E-state index in [-0.39, 0.29) is 5.91 Å². The molecular weight excluding hydrogens is 463 g/mol. The molecule has 1 aliphatic heterocycles. The molecule has 0 radical (unpaired) electrons. The third kappa shape index (κ3) is 5.35. The Balaban J connectivity index is 0.000000364. The van der Waals surface area contributed by atoms with Crippen molar-refractivity contribution < 1.29 is 27.9 Å². The molecule has 4 aromatic rings. The summed E-state index contributed by atoms with van der Waals surface area (Å²) in [5.74, 6) is -2.05. The molecule has 5 rings (SSSR count). The Bertz CT molecular complexity index is 1420. The average Bonchev–Trinajstić information content (AvgIpc) is 3.24. The number of carboxylic acid groups (broad SMARTS) is 1. The number of anilines is 3. The summed E-state index contributed by atoms with van der Waals surface area (Å²) in [6, 6.07) is 19.5. The number of carboxylic acids is 1. The molecular formula is C24H20F3N5O3. The number of pyridine rings is 1. The number of aliphatic carboxylic acids is 1. The quantitative estimate of drug-likeness (QED) is 0.273. The number of nitrogen functional groups attached to an aromatic ring is 1. The molecule has 180 valence electrons. The Hall–Kier alpha value is -4.54. The SMILES string of the molecule is Nc1cccc(Nc2ccc3cccc(-c4cc5c([nH]4)CCNC5=O)c3n2)c1.O=C(O)C(F)(F)F. The summed E-state index contributed by atoms with van der Waals surface area (Å²) >= 11 is 0. The van der Waals surface area contributed by atoms with Crippen LogP contribution in [0.3, 0.4) is 0 Å². The Morgan fingerprint density at radius 2 is 1.80 bits per heavy atom. The first-order valence-electron chi connectivity index (χ1n) is 10.4. The highest BCUT2D eigenvalue weighted by Crippen LogP contribution is 2.31. The maximum Gasteiger partial charge on any atom is 0.490 e. The van der Waals surface area contributed by atoms with Gasteiger partial charge in [0.25, 0.3) is 5.91 Å². The second-order valence-corrected chi connectivity index (χ2v) is 7.71. The minimum atomic E-state index is -5.08. The van der Waals surface area contributed by atoms with E-state index in [1.807, 2.05) is 60.7 Å². The van der Waals surface area contributed by atoms with Crippen LogP contribution in [-0.2, 0) is 11.2 Å². The highest BCUT2D eigenvalue weighted by atomic mass is 19.4. The van der Waals surface area contributed by atoms with Gasteiger partial charge in [-0.3, -0.25) is 4.79 Å². The monoisotopic (exact) mass is 483 g/mol. The van der Waals surface area contributed by atoms with Crippen molar-refractivity contribution >= 4 is 40.0 Å². The predicted molar refractivity (Wildman–Crippen MR) is 125 cm³/mol. The Kier molecular flexibility index (Phi) is 6.32. The largest absolute Gasteiger partial charge is 0.490 e. The lowest BCUT2D eigenvalue weighted by Crippen LogP contribution is -2.31. The van der Waals surface area contributed by atoms with Crippen LogP contribution in [0.1, 0.15) is 16.1 Å². The van der Waals surface area contributed by atoms with E-state index in [1.54, 1.807) is 0 Å². The van der Waals surface area contributed by atoms with Crippen LogP contribution in [0.2, 0.25) is 0 Å². The van der Waals surface area contributed by atoms with E-state index in [1.165, 1.54) is 0 Å². The molecule has 0 spiro atoms. The van der Waals surface area contributed by atoms with Crippen molar-refractivity contribution in [3.8, 4) is 11.3 Å². The van der Waals surface area contributed by atoms with Crippen LogP contribution >= 0.6 is 0 Å². The van der Waals surface area contributed by atoms with Crippen molar-refractivity contribution in [3.63, 3.8) is 0 Å². The van der Waals surface area contributed by atoms with Crippen molar-refractivity contribution in [2.45, 2.75) is 12.6 Å². The third-order valence-corrected chi connectivity index (χ3v) is 5.22. The van der Waals surface area contributed by atoms with Gasteiger partial charge in [-0.05, 0) is 36.4 Å². The van der Waals surface area contributed by atoms with E-state index in [2.05, 4.69) is 15.6 Å². The minimum Gasteiger partial charge on any atom is -0.475 e. The molecule has 0 unspecified atom stereocenters. The maximum absolute atomic E-state index is 12.1. The zero-order valence-electron chi connectivity index (χ0n) is 18.1. The van der Waals surface area contributed by atoms with Gasteiger partial charge in [0.1, 0.15) is 5.82 Å². The van der Waals surface area contributed by atoms with Gasteiger partial charge in [0, 0.05) is 46.7 Å². The Labute approximate surface area is 197 Å². The molecule has 2 aromatic carbocycles. The van der Waals surface area contributed by atoms with E-state index in [9.17, 15) is 18.0 Å². The standard InChI is InChI=1S/C22H19N5O.C2HF3O2/c23-14-4-2-5-15(11-14)25-20-8-7-13-3-1-6-16(21(13)27-20)19-12-17-18(26-19)9-10-24-22(17)28;3-2(4,5)1(6)7/h1-8,11-12,26H,9-10,23H2,(H,24,28)(H,25,27);(H,6,7). The summed E-state index contributed by atoms with van der Waals surface area (Å²) in [7, 11) is 0. The number of alkyl halides is 3. The molecule has 0 bridgehead atoms. The van der Waals surface area contributed by atoms with Crippen LogP contribution < -0.4 is 16.4 Å². The number of fused-ring (bicyclic) bond motifs is 2. The number of nitrogens with one attached hydrogen (secondary N) is 3. The van der Waals surface area contributed by atoms with Gasteiger partial charge in [-0.25, -0.2) is 9.78 Å². The summed E-state index contributed by atoms with van der Waals surface area (Å²) in [5.41, 5.74) is 11.9. The number of rotatable bonds is 3. The van der Waals surface area contributed by atoms with E-state index >= 15 is 0 Å². The number of carbonyl (C=O) groups excluding carboxylic acids is 1. The third-order valence-electron chi connectivity index (χ3n) is 5.22. The fourth-order valence-corrected chi connectivity index (χ4v) is 3.64. The molecule has 0 atom stereocenters. The van der Waals surface area contributed by atoms with Crippen LogP contribution in [0.15, 0.2) is 60.7 Å². The number of halogens is 3. The number of H-pyrrole nitrogens is 1. The summed E-state index contributed by atoms with van der Waals surface area (Å²) in [4.78, 5) is 29.2. The molecule has 0 fully saturated rings. The van der Waals surface area contributed by atoms with Crippen LogP contribution in [0.4, 0.5) is 30.4 Å². The molecule has 3 heterocycles. The second-order valence-electron chi connectivity index (χ2n) is 7.71. The van der Waals surface area contributed by atoms with Crippen LogP contribution in [0, 0.1) is 0 Å². The molecule has 2 aromatic heterocycles. The lowest BCUT2D eigenvalue weighted by Gasteiger charge is -2.11. The molecule has 6 N–H and O–H groups in total. The summed E-state index contributed by atoms with van der Waals surface area (Å²) < 4.78 is 31.7. The molecule has 0 saturated heterocycles. The van der Waals surface area contributed by atoms with Crippen LogP contribution in [0.5, 0.6) is 0 Å². The first-order chi connectivity index (χ1) is 16.6. The maximum atomic E-state index is 12.1. The first kappa shape index (κ1) is 23.6. The van der Waals surface area contributed by atoms with Crippen molar-refractivity contribution in [1.29, 1.82) is 0 Å². The fraction of sp³-hybridized carbons (Fsp3) is 0.125. The van der Waals surface area contributed by atoms with E-state index in [0.29, 0.717) is 17.8 Å². The van der Waals surface area contributed by atoms with Crippen molar-refractivity contribution in [2.24, 2.45) is 0 Å². The van der Waals surface area contributed by atoms with Gasteiger partial charge in [0.2, 0.25) is 0 Å². The number of amides is 1. The number of aromatic amines is 1. The van der Waals surface area contributed by atoms with Gasteiger partial charge in [-0.1, -0.05) is 24.3 Å². The number of nitrogens with two attached hydrogens (primary N) is 1. The van der Waals surface area contributed by atoms with Gasteiger partial charge in [-0.2, -0.15) is 13.2 Å². The van der Waals surface area contributed by atoms with Crippen molar-refractivity contribution in [3.05, 3.63) is 71.9 Å². The van der Waals surface area contributed by atoms with Gasteiger partial charge >= 0.3 is 12.1 Å². The first-order valence-corrected chi connectivity index (χ1v) is 10.4. The normalized spacial score (nSPS) is 12.8. The number of nitrogens with zero attached hydrogens (tertiary/aromatic N) is 1. The summed E-state index contributed by atoms with van der Waals surface area (Å²) in [6.45, 7) is 0.661. The van der Waals surface area contributed by atoms with E-state index in [0.717, 1.165) is 45.8 Å². The number of carbonyl (C=O) groups is 2. The molecule has 35 heavy (non-hydrogen) atoms. The number of hydrogen-bond donors (Lipinski definition) is 5. The number of hydrogen-bond acceptors (Lipinski definition) is 5. The van der Waals surface area contributed by atoms with E-state index < -0.39 is 12.1 Å². The zero-order valence-corrected chi connectivity index (χ0v) is 18.1. The molecule has 0 saturated carbocycles. The molecule has 8 nitrogen and oxygen atoms in total. The Morgan fingerprint density at radius 3 is 2.49 bits per heavy atom. The zero-order chi connectivity index (χ0) is 25.2. The number of para-hydroxylation sites is 1. The van der Waals surface area contributed by atoms with Gasteiger partial charge in [-0.15, -0.1) is 0 Å². The highest BCUT2D eigenvalue weighted by molar-refractivity contribution is 6.00. The Morgan fingerprint density at radius 1 is 1.06 bits per heavy atom. The van der Waals surface area contributed by atoms with Crippen molar-refractivity contribution in [1.82, 2.24) is 15.3 Å². The van der Waals surface area contributed by atoms with Gasteiger partial charge < -0.3 is 26.5 Å². The lowest BCUT2D eigenvalue weighted by molar-refractivity contribution is -0.192. The minimum absolute atomic E-state index is 0.0269. The summed E-state index contributed by atoms with van der Waals surface area (Å²) in [5, 5.41) is 14.4. The average molecular weight is 483 g/mol. The fourth-order valence-electron chi connectivity index (χ4n) is 3.64. The second kappa shape index (κ2) is 9.37. The van der Waals surface area contributed by atoms with Crippen LogP contribution in [-0.4, -0.2) is 39.7 Å². The highest BCUT2D eigenvalue weighted by Gasteiger charge is 2.38. The summed E-state index contributed by atoms with van der Waals surface area (Å²) in [6.07, 6.45) is -4.28. The molecule has 1 amide bonds. The van der Waals surface area contributed by atoms with Gasteiger partial charge in [0.05, 0.1) is 11.1 Å². The molecule has 11 heteroatoms. The topological polar surface area (TPSA) is 133 Å². The van der Waals surface area contributed by atoms with E-state index in [4.69, 9.17) is 20.6 Å². The molecule has 0 aliphatic carbocycles. The number of aromatic nitrogens is 2. The van der Waals surface area contributed by atoms with Gasteiger partial charge in [0.15, 0.2) is 0 Å². The molecule has 1 aliphatic rings. The van der Waals surface area contributed by atoms with Crippen molar-refractivity contribution in [2.75, 3.05) is 17.6 Å². The van der Waals surface area contributed by atoms with Crippen LogP contribution in [0.25, 0.3) is 22.2 Å². The predicted octanol–water partition coefficient (Wildman–Crippen LogP) is 4.47.